The molecule has 128 valence electrons. The van der Waals surface area contributed by atoms with Gasteiger partial charge >= 0.3 is 6.09 Å². The van der Waals surface area contributed by atoms with Crippen molar-refractivity contribution in [2.75, 3.05) is 19.7 Å². The van der Waals surface area contributed by atoms with Crippen molar-refractivity contribution in [3.05, 3.63) is 48.9 Å². The van der Waals surface area contributed by atoms with Crippen LogP contribution in [0.4, 0.5) is 4.79 Å². The molecule has 1 amide bonds. The van der Waals surface area contributed by atoms with E-state index in [4.69, 9.17) is 4.74 Å². The second-order valence-electron chi connectivity index (χ2n) is 5.79. The molecule has 6 nitrogen and oxygen atoms in total. The van der Waals surface area contributed by atoms with Crippen LogP contribution in [0, 0.1) is 0 Å². The van der Waals surface area contributed by atoms with E-state index in [1.54, 1.807) is 22.4 Å². The van der Waals surface area contributed by atoms with Gasteiger partial charge in [-0.05, 0) is 6.42 Å². The number of hydrogen-bond acceptors (Lipinski definition) is 5. The molecule has 0 radical (unpaired) electrons. The van der Waals surface area contributed by atoms with Crippen molar-refractivity contribution >= 4 is 17.4 Å². The lowest BCUT2D eigenvalue weighted by atomic mass is 10.2. The maximum Gasteiger partial charge on any atom is 0.409 e. The number of cyclic esters (lactones) is 1. The highest BCUT2D eigenvalue weighted by molar-refractivity contribution is 7.18. The van der Waals surface area contributed by atoms with Crippen LogP contribution in [0.5, 0.6) is 0 Å². The highest BCUT2D eigenvalue weighted by Gasteiger charge is 2.20. The van der Waals surface area contributed by atoms with E-state index in [2.05, 4.69) is 26.7 Å². The van der Waals surface area contributed by atoms with Crippen LogP contribution in [0.3, 0.4) is 0 Å². The molecule has 0 saturated carbocycles. The van der Waals surface area contributed by atoms with Gasteiger partial charge in [-0.1, -0.05) is 30.3 Å². The first kappa shape index (κ1) is 15.8. The predicted molar refractivity (Wildman–Crippen MR) is 96.3 cm³/mol. The molecule has 4 rings (SSSR count). The second-order valence-corrected chi connectivity index (χ2v) is 6.83. The van der Waals surface area contributed by atoms with Crippen molar-refractivity contribution in [1.82, 2.24) is 19.4 Å². The fraction of sp³-hybridized carbons (Fsp3) is 0.278. The number of carbonyl (C=O) groups excluding carboxylic acids is 1. The minimum atomic E-state index is -0.225. The highest BCUT2D eigenvalue weighted by atomic mass is 32.1. The highest BCUT2D eigenvalue weighted by Crippen LogP contribution is 2.31. The van der Waals surface area contributed by atoms with Crippen molar-refractivity contribution in [3.63, 3.8) is 0 Å². The van der Waals surface area contributed by atoms with Crippen molar-refractivity contribution in [2.24, 2.45) is 0 Å². The van der Waals surface area contributed by atoms with E-state index in [0.29, 0.717) is 19.7 Å². The molecule has 0 unspecified atom stereocenters. The molecule has 0 atom stereocenters. The van der Waals surface area contributed by atoms with Crippen molar-refractivity contribution < 1.29 is 9.53 Å². The summed E-state index contributed by atoms with van der Waals surface area (Å²) in [5, 5.41) is 0.977. The minimum absolute atomic E-state index is 0.225. The van der Waals surface area contributed by atoms with Crippen molar-refractivity contribution in [1.29, 1.82) is 0 Å². The van der Waals surface area contributed by atoms with Crippen LogP contribution in [0.25, 0.3) is 21.3 Å². The topological polar surface area (TPSA) is 60.2 Å². The average molecular weight is 354 g/mol. The zero-order valence-corrected chi connectivity index (χ0v) is 14.5. The zero-order valence-electron chi connectivity index (χ0n) is 13.7. The summed E-state index contributed by atoms with van der Waals surface area (Å²) in [6.45, 7) is 2.58. The molecule has 1 aromatic carbocycles. The third-order valence-electron chi connectivity index (χ3n) is 4.13. The summed E-state index contributed by atoms with van der Waals surface area (Å²) in [7, 11) is 0. The number of nitrogens with zero attached hydrogens (tertiary/aromatic N) is 4. The van der Waals surface area contributed by atoms with E-state index in [-0.39, 0.29) is 6.09 Å². The molecular formula is C18H18N4O2S. The van der Waals surface area contributed by atoms with Gasteiger partial charge in [-0.2, -0.15) is 0 Å². The van der Waals surface area contributed by atoms with Gasteiger partial charge in [-0.25, -0.2) is 14.8 Å². The van der Waals surface area contributed by atoms with Gasteiger partial charge in [-0.3, -0.25) is 0 Å². The lowest BCUT2D eigenvalue weighted by Gasteiger charge is -2.26. The summed E-state index contributed by atoms with van der Waals surface area (Å²) in [4.78, 5) is 23.5. The molecule has 0 bridgehead atoms. The number of thiazole rings is 1. The molecule has 3 aromatic rings. The van der Waals surface area contributed by atoms with E-state index < -0.39 is 0 Å². The first-order valence-corrected chi connectivity index (χ1v) is 9.07. The molecule has 0 aliphatic carbocycles. The lowest BCUT2D eigenvalue weighted by molar-refractivity contribution is 0.0717. The molecular weight excluding hydrogens is 336 g/mol. The Balaban J connectivity index is 1.50. The number of benzene rings is 1. The van der Waals surface area contributed by atoms with Crippen LogP contribution < -0.4 is 0 Å². The monoisotopic (exact) mass is 354 g/mol. The lowest BCUT2D eigenvalue weighted by Crippen LogP contribution is -2.39. The maximum atomic E-state index is 11.7. The van der Waals surface area contributed by atoms with Crippen LogP contribution in [0.1, 0.15) is 6.42 Å². The van der Waals surface area contributed by atoms with Crippen molar-refractivity contribution in [3.8, 4) is 21.3 Å². The molecule has 7 heteroatoms. The van der Waals surface area contributed by atoms with Gasteiger partial charge in [-0.15, -0.1) is 11.3 Å². The first-order valence-electron chi connectivity index (χ1n) is 8.26. The molecule has 25 heavy (non-hydrogen) atoms. The third-order valence-corrected chi connectivity index (χ3v) is 5.17. The summed E-state index contributed by atoms with van der Waals surface area (Å²) in [6.07, 6.45) is 6.24. The fourth-order valence-electron chi connectivity index (χ4n) is 2.84. The predicted octanol–water partition coefficient (Wildman–Crippen LogP) is 3.52. The van der Waals surface area contributed by atoms with Gasteiger partial charge in [0.15, 0.2) is 5.82 Å². The van der Waals surface area contributed by atoms with E-state index in [9.17, 15) is 4.79 Å². The summed E-state index contributed by atoms with van der Waals surface area (Å²) in [5.74, 6) is 0.880. The van der Waals surface area contributed by atoms with Gasteiger partial charge in [0.1, 0.15) is 5.01 Å². The number of hydrogen-bond donors (Lipinski definition) is 0. The molecule has 3 heterocycles. The van der Waals surface area contributed by atoms with E-state index in [0.717, 1.165) is 34.2 Å². The Morgan fingerprint density at radius 3 is 2.88 bits per heavy atom. The van der Waals surface area contributed by atoms with Crippen LogP contribution in [0.2, 0.25) is 0 Å². The zero-order chi connectivity index (χ0) is 17.1. The molecule has 2 aromatic heterocycles. The maximum absolute atomic E-state index is 11.7. The third kappa shape index (κ3) is 3.41. The van der Waals surface area contributed by atoms with Crippen LogP contribution >= 0.6 is 11.3 Å². The first-order chi connectivity index (χ1) is 12.3. The number of amides is 1. The Morgan fingerprint density at radius 1 is 1.16 bits per heavy atom. The Morgan fingerprint density at radius 2 is 2.04 bits per heavy atom. The largest absolute Gasteiger partial charge is 0.449 e. The SMILES string of the molecule is O=C1OCCCN1CCn1ccnc1-c1cnc(-c2ccccc2)s1. The van der Waals surface area contributed by atoms with Gasteiger partial charge in [0.25, 0.3) is 0 Å². The standard InChI is InChI=1S/C18H18N4O2S/c23-18-22(8-4-12-24-18)11-10-21-9-7-19-16(21)15-13-20-17(25-15)14-5-2-1-3-6-14/h1-3,5-7,9,13H,4,8,10-12H2. The summed E-state index contributed by atoms with van der Waals surface area (Å²) in [5.41, 5.74) is 1.10. The van der Waals surface area contributed by atoms with E-state index >= 15 is 0 Å². The van der Waals surface area contributed by atoms with E-state index in [1.165, 1.54) is 0 Å². The Labute approximate surface area is 149 Å². The molecule has 1 saturated heterocycles. The van der Waals surface area contributed by atoms with Crippen molar-refractivity contribution in [2.45, 2.75) is 13.0 Å². The number of carbonyl (C=O) groups is 1. The number of aromatic nitrogens is 3. The Hall–Kier alpha value is -2.67. The fourth-order valence-corrected chi connectivity index (χ4v) is 3.77. The number of rotatable bonds is 5. The average Bonchev–Trinajstić information content (AvgIpc) is 3.31. The molecule has 1 aliphatic rings. The van der Waals surface area contributed by atoms with Gasteiger partial charge < -0.3 is 14.2 Å². The number of ether oxygens (including phenoxy) is 1. The molecule has 0 spiro atoms. The molecule has 0 N–H and O–H groups in total. The van der Waals surface area contributed by atoms with Crippen LogP contribution in [-0.2, 0) is 11.3 Å². The van der Waals surface area contributed by atoms with E-state index in [1.807, 2.05) is 30.6 Å². The molecule has 1 fully saturated rings. The second kappa shape index (κ2) is 7.06. The normalized spacial score (nSPS) is 14.6. The smallest absolute Gasteiger partial charge is 0.409 e. The summed E-state index contributed by atoms with van der Waals surface area (Å²) >= 11 is 1.62. The van der Waals surface area contributed by atoms with Gasteiger partial charge in [0.2, 0.25) is 0 Å². The van der Waals surface area contributed by atoms with Crippen LogP contribution in [0.15, 0.2) is 48.9 Å². The number of imidazole rings is 1. The Kier molecular flexibility index (Phi) is 4.47. The Bertz CT molecular complexity index is 859. The van der Waals surface area contributed by atoms with Gasteiger partial charge in [0, 0.05) is 43.8 Å². The van der Waals surface area contributed by atoms with Gasteiger partial charge in [0.05, 0.1) is 11.5 Å². The minimum Gasteiger partial charge on any atom is -0.449 e. The quantitative estimate of drug-likeness (QED) is 0.703. The molecule has 1 aliphatic heterocycles. The summed E-state index contributed by atoms with van der Waals surface area (Å²) < 4.78 is 7.14. The summed E-state index contributed by atoms with van der Waals surface area (Å²) in [6, 6.07) is 10.1. The van der Waals surface area contributed by atoms with Crippen LogP contribution in [-0.4, -0.2) is 45.2 Å².